The van der Waals surface area contributed by atoms with Gasteiger partial charge in [0.15, 0.2) is 0 Å². The van der Waals surface area contributed by atoms with Crippen molar-refractivity contribution in [3.8, 4) is 0 Å². The minimum Gasteiger partial charge on any atom is -0.369 e. The lowest BCUT2D eigenvalue weighted by molar-refractivity contribution is -0.123. The molecule has 1 aromatic carbocycles. The number of urea groups is 1. The fraction of sp³-hybridized carbons (Fsp3) is 0.429. The van der Waals surface area contributed by atoms with Gasteiger partial charge in [0, 0.05) is 25.6 Å². The second kappa shape index (κ2) is 6.36. The third-order valence-electron chi connectivity index (χ3n) is 3.54. The van der Waals surface area contributed by atoms with E-state index in [9.17, 15) is 14.0 Å². The molecule has 0 spiro atoms. The number of primary amides is 1. The summed E-state index contributed by atoms with van der Waals surface area (Å²) >= 11 is 0. The molecule has 108 valence electrons. The molecule has 3 N–H and O–H groups in total. The van der Waals surface area contributed by atoms with Gasteiger partial charge in [0.1, 0.15) is 5.82 Å². The Morgan fingerprint density at radius 2 is 1.85 bits per heavy atom. The number of hydrogen-bond acceptors (Lipinski definition) is 2. The van der Waals surface area contributed by atoms with Crippen molar-refractivity contribution in [2.45, 2.75) is 19.4 Å². The van der Waals surface area contributed by atoms with Crippen LogP contribution in [0.1, 0.15) is 18.4 Å². The van der Waals surface area contributed by atoms with Gasteiger partial charge in [0.2, 0.25) is 5.91 Å². The molecule has 0 aromatic heterocycles. The van der Waals surface area contributed by atoms with Gasteiger partial charge in [-0.25, -0.2) is 9.18 Å². The summed E-state index contributed by atoms with van der Waals surface area (Å²) in [6.07, 6.45) is 1.22. The zero-order chi connectivity index (χ0) is 14.5. The normalized spacial score (nSPS) is 15.9. The van der Waals surface area contributed by atoms with E-state index in [2.05, 4.69) is 5.32 Å². The smallest absolute Gasteiger partial charge is 0.317 e. The Labute approximate surface area is 116 Å². The summed E-state index contributed by atoms with van der Waals surface area (Å²) in [5.41, 5.74) is 6.09. The number of piperidine rings is 1. The monoisotopic (exact) mass is 279 g/mol. The summed E-state index contributed by atoms with van der Waals surface area (Å²) in [7, 11) is 0. The molecular formula is C14H18FN3O2. The molecule has 0 bridgehead atoms. The number of nitrogens with one attached hydrogen (secondary N) is 1. The van der Waals surface area contributed by atoms with E-state index >= 15 is 0 Å². The quantitative estimate of drug-likeness (QED) is 0.873. The van der Waals surface area contributed by atoms with Gasteiger partial charge in [-0.15, -0.1) is 0 Å². The summed E-state index contributed by atoms with van der Waals surface area (Å²) in [6, 6.07) is 5.82. The molecule has 0 radical (unpaired) electrons. The van der Waals surface area contributed by atoms with E-state index in [0.717, 1.165) is 5.56 Å². The van der Waals surface area contributed by atoms with E-state index in [1.165, 1.54) is 12.1 Å². The van der Waals surface area contributed by atoms with Crippen LogP contribution in [0.3, 0.4) is 0 Å². The van der Waals surface area contributed by atoms with Gasteiger partial charge in [-0.05, 0) is 30.5 Å². The molecule has 5 nitrogen and oxygen atoms in total. The van der Waals surface area contributed by atoms with Crippen LogP contribution < -0.4 is 11.1 Å². The summed E-state index contributed by atoms with van der Waals surface area (Å²) in [5.74, 6) is -0.721. The van der Waals surface area contributed by atoms with Crippen LogP contribution in [0.5, 0.6) is 0 Å². The number of carbonyl (C=O) groups excluding carboxylic acids is 2. The Kier molecular flexibility index (Phi) is 4.55. The number of hydrogen-bond donors (Lipinski definition) is 2. The Bertz CT molecular complexity index is 482. The first-order chi connectivity index (χ1) is 9.56. The fourth-order valence-corrected chi connectivity index (χ4v) is 2.26. The zero-order valence-electron chi connectivity index (χ0n) is 11.1. The first-order valence-corrected chi connectivity index (χ1v) is 6.63. The molecule has 0 aliphatic carbocycles. The van der Waals surface area contributed by atoms with Crippen molar-refractivity contribution < 1.29 is 14.0 Å². The first-order valence-electron chi connectivity index (χ1n) is 6.63. The predicted molar refractivity (Wildman–Crippen MR) is 72.1 cm³/mol. The van der Waals surface area contributed by atoms with Gasteiger partial charge >= 0.3 is 6.03 Å². The number of amides is 3. The number of halogens is 1. The number of nitrogens with zero attached hydrogens (tertiary/aromatic N) is 1. The van der Waals surface area contributed by atoms with E-state index in [0.29, 0.717) is 32.5 Å². The van der Waals surface area contributed by atoms with Gasteiger partial charge in [-0.1, -0.05) is 12.1 Å². The Balaban J connectivity index is 1.78. The van der Waals surface area contributed by atoms with Gasteiger partial charge in [0.05, 0.1) is 0 Å². The Morgan fingerprint density at radius 1 is 1.25 bits per heavy atom. The maximum atomic E-state index is 12.7. The van der Waals surface area contributed by atoms with Crippen LogP contribution in [0.25, 0.3) is 0 Å². The highest BCUT2D eigenvalue weighted by Gasteiger charge is 2.25. The minimum absolute atomic E-state index is 0.129. The van der Waals surface area contributed by atoms with Gasteiger partial charge in [-0.3, -0.25) is 4.79 Å². The van der Waals surface area contributed by atoms with E-state index in [1.807, 2.05) is 0 Å². The summed E-state index contributed by atoms with van der Waals surface area (Å²) in [6.45, 7) is 1.42. The molecule has 1 saturated heterocycles. The molecule has 6 heteroatoms. The van der Waals surface area contributed by atoms with Gasteiger partial charge < -0.3 is 16.0 Å². The molecular weight excluding hydrogens is 261 g/mol. The topological polar surface area (TPSA) is 75.4 Å². The zero-order valence-corrected chi connectivity index (χ0v) is 11.1. The van der Waals surface area contributed by atoms with Crippen molar-refractivity contribution in [2.75, 3.05) is 13.1 Å². The van der Waals surface area contributed by atoms with E-state index < -0.39 is 0 Å². The second-order valence-corrected chi connectivity index (χ2v) is 4.95. The molecule has 1 aliphatic rings. The largest absolute Gasteiger partial charge is 0.369 e. The van der Waals surface area contributed by atoms with Crippen molar-refractivity contribution in [2.24, 2.45) is 11.7 Å². The molecule has 1 aromatic rings. The molecule has 0 unspecified atom stereocenters. The van der Waals surface area contributed by atoms with Crippen LogP contribution in [0.2, 0.25) is 0 Å². The molecule has 3 amide bonds. The van der Waals surface area contributed by atoms with Crippen LogP contribution in [0.4, 0.5) is 9.18 Å². The Morgan fingerprint density at radius 3 is 2.40 bits per heavy atom. The first kappa shape index (κ1) is 14.3. The fourth-order valence-electron chi connectivity index (χ4n) is 2.26. The highest BCUT2D eigenvalue weighted by Crippen LogP contribution is 2.16. The van der Waals surface area contributed by atoms with Crippen molar-refractivity contribution >= 4 is 11.9 Å². The summed E-state index contributed by atoms with van der Waals surface area (Å²) in [4.78, 5) is 24.7. The molecule has 1 aliphatic heterocycles. The van der Waals surface area contributed by atoms with Crippen LogP contribution in [0, 0.1) is 11.7 Å². The maximum absolute atomic E-state index is 12.7. The molecule has 0 saturated carbocycles. The highest BCUT2D eigenvalue weighted by molar-refractivity contribution is 5.78. The molecule has 2 rings (SSSR count). The van der Waals surface area contributed by atoms with E-state index in [-0.39, 0.29) is 23.7 Å². The number of nitrogens with two attached hydrogens (primary N) is 1. The van der Waals surface area contributed by atoms with Crippen molar-refractivity contribution in [1.29, 1.82) is 0 Å². The molecule has 0 atom stereocenters. The van der Waals surface area contributed by atoms with Crippen LogP contribution in [-0.2, 0) is 11.3 Å². The van der Waals surface area contributed by atoms with Crippen LogP contribution in [-0.4, -0.2) is 29.9 Å². The van der Waals surface area contributed by atoms with Crippen molar-refractivity contribution in [1.82, 2.24) is 10.2 Å². The third-order valence-corrected chi connectivity index (χ3v) is 3.54. The molecule has 1 heterocycles. The summed E-state index contributed by atoms with van der Waals surface area (Å²) in [5, 5.41) is 2.78. The lowest BCUT2D eigenvalue weighted by Gasteiger charge is -2.30. The molecule has 1 fully saturated rings. The number of carbonyl (C=O) groups is 2. The van der Waals surface area contributed by atoms with Crippen molar-refractivity contribution in [3.63, 3.8) is 0 Å². The van der Waals surface area contributed by atoms with Crippen LogP contribution in [0.15, 0.2) is 24.3 Å². The Hall–Kier alpha value is -2.11. The minimum atomic E-state index is -0.298. The van der Waals surface area contributed by atoms with E-state index in [1.54, 1.807) is 17.0 Å². The van der Waals surface area contributed by atoms with Crippen LogP contribution >= 0.6 is 0 Å². The number of likely N-dealkylation sites (tertiary alicyclic amines) is 1. The van der Waals surface area contributed by atoms with Crippen molar-refractivity contribution in [3.05, 3.63) is 35.6 Å². The lowest BCUT2D eigenvalue weighted by Crippen LogP contribution is -2.46. The standard InChI is InChI=1S/C14H18FN3O2/c15-12-3-1-10(2-4-12)9-17-14(20)18-7-5-11(6-8-18)13(16)19/h1-4,11H,5-9H2,(H2,16,19)(H,17,20). The second-order valence-electron chi connectivity index (χ2n) is 4.95. The average molecular weight is 279 g/mol. The third kappa shape index (κ3) is 3.69. The van der Waals surface area contributed by atoms with Gasteiger partial charge in [-0.2, -0.15) is 0 Å². The van der Waals surface area contributed by atoms with Gasteiger partial charge in [0.25, 0.3) is 0 Å². The SMILES string of the molecule is NC(=O)C1CCN(C(=O)NCc2ccc(F)cc2)CC1. The number of rotatable bonds is 3. The maximum Gasteiger partial charge on any atom is 0.317 e. The predicted octanol–water partition coefficient (Wildman–Crippen LogP) is 1.23. The van der Waals surface area contributed by atoms with E-state index in [4.69, 9.17) is 5.73 Å². The molecule has 20 heavy (non-hydrogen) atoms. The lowest BCUT2D eigenvalue weighted by atomic mass is 9.96. The summed E-state index contributed by atoms with van der Waals surface area (Å²) < 4.78 is 12.7. The average Bonchev–Trinajstić information content (AvgIpc) is 2.46. The number of benzene rings is 1. The highest BCUT2D eigenvalue weighted by atomic mass is 19.1.